The first-order valence-electron chi connectivity index (χ1n) is 6.55. The average Bonchev–Trinajstić information content (AvgIpc) is 2.95. The first-order chi connectivity index (χ1) is 10.2. The van der Waals surface area contributed by atoms with E-state index in [9.17, 15) is 9.59 Å². The first-order valence-corrected chi connectivity index (χ1v) is 6.55. The maximum atomic E-state index is 11.8. The van der Waals surface area contributed by atoms with Crippen LogP contribution in [0.4, 0.5) is 0 Å². The Morgan fingerprint density at radius 2 is 1.81 bits per heavy atom. The minimum atomic E-state index is -0.396. The highest BCUT2D eigenvalue weighted by Gasteiger charge is 2.15. The van der Waals surface area contributed by atoms with E-state index in [1.165, 1.54) is 19.6 Å². The molecule has 0 aliphatic carbocycles. The highest BCUT2D eigenvalue weighted by atomic mass is 16.5. The van der Waals surface area contributed by atoms with E-state index in [0.717, 1.165) is 11.1 Å². The molecule has 0 saturated heterocycles. The number of methoxy groups -OCH3 is 1. The standard InChI is InChI=1S/C16H16O5/c1-3-21-16(18)14-10-20-9-13(14)8-11-4-6-12(7-5-11)15(17)19-2/h4-7,9-10H,3,8H2,1-2H3. The van der Waals surface area contributed by atoms with Crippen LogP contribution in [0.5, 0.6) is 0 Å². The molecule has 21 heavy (non-hydrogen) atoms. The van der Waals surface area contributed by atoms with Crippen LogP contribution in [0, 0.1) is 0 Å². The third-order valence-electron chi connectivity index (χ3n) is 3.01. The van der Waals surface area contributed by atoms with Crippen molar-refractivity contribution in [2.75, 3.05) is 13.7 Å². The van der Waals surface area contributed by atoms with Gasteiger partial charge in [0.1, 0.15) is 11.8 Å². The van der Waals surface area contributed by atoms with Gasteiger partial charge in [0.2, 0.25) is 0 Å². The number of ether oxygens (including phenoxy) is 2. The Morgan fingerprint density at radius 1 is 1.10 bits per heavy atom. The maximum absolute atomic E-state index is 11.8. The number of rotatable bonds is 5. The second kappa shape index (κ2) is 6.74. The van der Waals surface area contributed by atoms with Crippen molar-refractivity contribution < 1.29 is 23.5 Å². The lowest BCUT2D eigenvalue weighted by Gasteiger charge is -2.04. The molecule has 0 spiro atoms. The van der Waals surface area contributed by atoms with E-state index in [1.54, 1.807) is 19.1 Å². The van der Waals surface area contributed by atoms with Crippen molar-refractivity contribution in [2.24, 2.45) is 0 Å². The molecule has 0 radical (unpaired) electrons. The number of hydrogen-bond acceptors (Lipinski definition) is 5. The molecule has 2 rings (SSSR count). The van der Waals surface area contributed by atoms with Crippen LogP contribution in [0.15, 0.2) is 41.2 Å². The lowest BCUT2D eigenvalue weighted by atomic mass is 10.0. The van der Waals surface area contributed by atoms with Gasteiger partial charge in [0.25, 0.3) is 0 Å². The summed E-state index contributed by atoms with van der Waals surface area (Å²) in [6.07, 6.45) is 3.43. The number of carbonyl (C=O) groups is 2. The van der Waals surface area contributed by atoms with E-state index in [4.69, 9.17) is 9.15 Å². The van der Waals surface area contributed by atoms with E-state index in [1.807, 2.05) is 12.1 Å². The third kappa shape index (κ3) is 3.51. The molecule has 5 heteroatoms. The van der Waals surface area contributed by atoms with E-state index in [0.29, 0.717) is 24.2 Å². The van der Waals surface area contributed by atoms with Crippen LogP contribution in [0.2, 0.25) is 0 Å². The Kier molecular flexibility index (Phi) is 4.77. The van der Waals surface area contributed by atoms with Gasteiger partial charge in [0, 0.05) is 12.0 Å². The summed E-state index contributed by atoms with van der Waals surface area (Å²) < 4.78 is 14.7. The molecule has 0 aliphatic heterocycles. The molecule has 0 bridgehead atoms. The van der Waals surface area contributed by atoms with Crippen molar-refractivity contribution >= 4 is 11.9 Å². The summed E-state index contributed by atoms with van der Waals surface area (Å²) in [4.78, 5) is 23.1. The molecule has 1 aromatic carbocycles. The predicted molar refractivity (Wildman–Crippen MR) is 75.3 cm³/mol. The topological polar surface area (TPSA) is 65.7 Å². The zero-order valence-electron chi connectivity index (χ0n) is 11.9. The van der Waals surface area contributed by atoms with Crippen molar-refractivity contribution in [3.63, 3.8) is 0 Å². The van der Waals surface area contributed by atoms with Gasteiger partial charge in [-0.1, -0.05) is 12.1 Å². The van der Waals surface area contributed by atoms with Crippen LogP contribution in [0.3, 0.4) is 0 Å². The maximum Gasteiger partial charge on any atom is 0.341 e. The van der Waals surface area contributed by atoms with Gasteiger partial charge < -0.3 is 13.9 Å². The summed E-state index contributed by atoms with van der Waals surface area (Å²) in [6, 6.07) is 7.00. The van der Waals surface area contributed by atoms with Gasteiger partial charge in [-0.05, 0) is 24.6 Å². The quantitative estimate of drug-likeness (QED) is 0.791. The zero-order valence-corrected chi connectivity index (χ0v) is 11.9. The summed E-state index contributed by atoms with van der Waals surface area (Å²) >= 11 is 0. The fourth-order valence-corrected chi connectivity index (χ4v) is 1.94. The van der Waals surface area contributed by atoms with Gasteiger partial charge >= 0.3 is 11.9 Å². The molecule has 110 valence electrons. The van der Waals surface area contributed by atoms with Crippen LogP contribution in [0.25, 0.3) is 0 Å². The van der Waals surface area contributed by atoms with Gasteiger partial charge in [-0.25, -0.2) is 9.59 Å². The van der Waals surface area contributed by atoms with Crippen LogP contribution < -0.4 is 0 Å². The van der Waals surface area contributed by atoms with Gasteiger partial charge in [-0.3, -0.25) is 0 Å². The van der Waals surface area contributed by atoms with Crippen molar-refractivity contribution in [2.45, 2.75) is 13.3 Å². The molecule has 0 atom stereocenters. The molecule has 1 heterocycles. The molecule has 0 amide bonds. The molecule has 0 N–H and O–H groups in total. The SMILES string of the molecule is CCOC(=O)c1cocc1Cc1ccc(C(=O)OC)cc1. The molecular formula is C16H16O5. The summed E-state index contributed by atoms with van der Waals surface area (Å²) in [6.45, 7) is 2.07. The fraction of sp³-hybridized carbons (Fsp3) is 0.250. The normalized spacial score (nSPS) is 10.2. The first kappa shape index (κ1) is 14.8. The summed E-state index contributed by atoms with van der Waals surface area (Å²) in [5, 5.41) is 0. The van der Waals surface area contributed by atoms with Gasteiger partial charge in [-0.15, -0.1) is 0 Å². The average molecular weight is 288 g/mol. The van der Waals surface area contributed by atoms with Crippen molar-refractivity contribution in [1.29, 1.82) is 0 Å². The number of esters is 2. The lowest BCUT2D eigenvalue weighted by molar-refractivity contribution is 0.0523. The van der Waals surface area contributed by atoms with Gasteiger partial charge in [0.05, 0.1) is 25.5 Å². The highest BCUT2D eigenvalue weighted by Crippen LogP contribution is 2.17. The summed E-state index contributed by atoms with van der Waals surface area (Å²) in [7, 11) is 1.34. The molecule has 5 nitrogen and oxygen atoms in total. The summed E-state index contributed by atoms with van der Waals surface area (Å²) in [5.74, 6) is -0.774. The Labute approximate surface area is 122 Å². The molecule has 0 aliphatic rings. The van der Waals surface area contributed by atoms with Crippen molar-refractivity contribution in [3.8, 4) is 0 Å². The van der Waals surface area contributed by atoms with Crippen LogP contribution in [-0.2, 0) is 15.9 Å². The highest BCUT2D eigenvalue weighted by molar-refractivity contribution is 5.91. The molecule has 0 unspecified atom stereocenters. The van der Waals surface area contributed by atoms with Gasteiger partial charge in [-0.2, -0.15) is 0 Å². The number of carbonyl (C=O) groups excluding carboxylic acids is 2. The van der Waals surface area contributed by atoms with Crippen LogP contribution in [-0.4, -0.2) is 25.7 Å². The second-order valence-corrected chi connectivity index (χ2v) is 4.40. The number of furan rings is 1. The van der Waals surface area contributed by atoms with E-state index in [2.05, 4.69) is 4.74 Å². The molecular weight excluding hydrogens is 272 g/mol. The van der Waals surface area contributed by atoms with Gasteiger partial charge in [0.15, 0.2) is 0 Å². The van der Waals surface area contributed by atoms with Crippen LogP contribution >= 0.6 is 0 Å². The molecule has 0 fully saturated rings. The second-order valence-electron chi connectivity index (χ2n) is 4.40. The molecule has 1 aromatic heterocycles. The Hall–Kier alpha value is -2.56. The van der Waals surface area contributed by atoms with Crippen molar-refractivity contribution in [3.05, 3.63) is 59.0 Å². The van der Waals surface area contributed by atoms with Crippen molar-refractivity contribution in [1.82, 2.24) is 0 Å². The Bertz CT molecular complexity index is 624. The van der Waals surface area contributed by atoms with E-state index < -0.39 is 5.97 Å². The molecule has 0 saturated carbocycles. The third-order valence-corrected chi connectivity index (χ3v) is 3.01. The number of hydrogen-bond donors (Lipinski definition) is 0. The smallest absolute Gasteiger partial charge is 0.341 e. The largest absolute Gasteiger partial charge is 0.471 e. The Balaban J connectivity index is 2.14. The molecule has 2 aromatic rings. The number of benzene rings is 1. The lowest BCUT2D eigenvalue weighted by Crippen LogP contribution is -2.06. The van der Waals surface area contributed by atoms with Crippen LogP contribution in [0.1, 0.15) is 38.8 Å². The Morgan fingerprint density at radius 3 is 2.43 bits per heavy atom. The van der Waals surface area contributed by atoms with E-state index in [-0.39, 0.29) is 5.97 Å². The summed E-state index contributed by atoms with van der Waals surface area (Å²) in [5.41, 5.74) is 2.61. The minimum Gasteiger partial charge on any atom is -0.471 e. The monoisotopic (exact) mass is 288 g/mol. The zero-order chi connectivity index (χ0) is 15.2. The predicted octanol–water partition coefficient (Wildman–Crippen LogP) is 2.83. The minimum absolute atomic E-state index is 0.317. The van der Waals surface area contributed by atoms with E-state index >= 15 is 0 Å². The fourth-order valence-electron chi connectivity index (χ4n) is 1.94.